The molecular formula is C15H13FN2OS. The Labute approximate surface area is 121 Å². The lowest BCUT2D eigenvalue weighted by molar-refractivity contribution is 0.102. The predicted octanol–water partition coefficient (Wildman–Crippen LogP) is 3.02. The third-order valence-electron chi connectivity index (χ3n) is 2.81. The Balaban J connectivity index is 2.33. The number of para-hydroxylation sites is 1. The van der Waals surface area contributed by atoms with E-state index in [4.69, 9.17) is 18.0 Å². The molecule has 0 aliphatic carbocycles. The van der Waals surface area contributed by atoms with E-state index < -0.39 is 11.7 Å². The van der Waals surface area contributed by atoms with Crippen molar-refractivity contribution in [3.8, 4) is 0 Å². The van der Waals surface area contributed by atoms with Crippen LogP contribution in [0.1, 0.15) is 21.5 Å². The second-order valence-electron chi connectivity index (χ2n) is 4.35. The molecule has 0 bridgehead atoms. The predicted molar refractivity (Wildman–Crippen MR) is 81.4 cm³/mol. The summed E-state index contributed by atoms with van der Waals surface area (Å²) in [7, 11) is 0. The number of amides is 1. The van der Waals surface area contributed by atoms with Gasteiger partial charge in [0.05, 0.1) is 11.3 Å². The second kappa shape index (κ2) is 5.79. The zero-order valence-corrected chi connectivity index (χ0v) is 11.6. The van der Waals surface area contributed by atoms with E-state index in [1.807, 2.05) is 0 Å². The number of anilines is 1. The van der Waals surface area contributed by atoms with E-state index in [2.05, 4.69) is 5.32 Å². The summed E-state index contributed by atoms with van der Waals surface area (Å²) in [5.41, 5.74) is 7.39. The molecule has 0 radical (unpaired) electrons. The zero-order chi connectivity index (χ0) is 14.7. The van der Waals surface area contributed by atoms with Crippen molar-refractivity contribution in [3.63, 3.8) is 0 Å². The first-order valence-electron chi connectivity index (χ1n) is 5.95. The van der Waals surface area contributed by atoms with Crippen molar-refractivity contribution in [2.24, 2.45) is 5.73 Å². The number of hydrogen-bond donors (Lipinski definition) is 2. The minimum atomic E-state index is -0.569. The Hall–Kier alpha value is -2.27. The summed E-state index contributed by atoms with van der Waals surface area (Å²) in [5, 5.41) is 2.63. The lowest BCUT2D eigenvalue weighted by Crippen LogP contribution is -2.18. The van der Waals surface area contributed by atoms with E-state index in [1.165, 1.54) is 12.1 Å². The number of thiocarbonyl (C=S) groups is 1. The number of carbonyl (C=O) groups is 1. The van der Waals surface area contributed by atoms with Crippen molar-refractivity contribution >= 4 is 28.8 Å². The molecular weight excluding hydrogens is 275 g/mol. The molecule has 5 heteroatoms. The van der Waals surface area contributed by atoms with Crippen LogP contribution in [0.5, 0.6) is 0 Å². The average molecular weight is 288 g/mol. The van der Waals surface area contributed by atoms with Gasteiger partial charge in [0.2, 0.25) is 0 Å². The SMILES string of the molecule is Cc1ccc(F)c(C(=O)Nc2ccccc2C(N)=S)c1. The van der Waals surface area contributed by atoms with Gasteiger partial charge in [-0.25, -0.2) is 4.39 Å². The van der Waals surface area contributed by atoms with Crippen LogP contribution in [0.3, 0.4) is 0 Å². The van der Waals surface area contributed by atoms with E-state index in [1.54, 1.807) is 37.3 Å². The number of nitrogens with two attached hydrogens (primary N) is 1. The molecule has 0 unspecified atom stereocenters. The number of benzene rings is 2. The molecule has 2 rings (SSSR count). The number of aryl methyl sites for hydroxylation is 1. The molecule has 0 aromatic heterocycles. The lowest BCUT2D eigenvalue weighted by Gasteiger charge is -2.10. The van der Waals surface area contributed by atoms with Crippen LogP contribution in [0.15, 0.2) is 42.5 Å². The van der Waals surface area contributed by atoms with E-state index >= 15 is 0 Å². The fourth-order valence-electron chi connectivity index (χ4n) is 1.81. The van der Waals surface area contributed by atoms with E-state index in [0.717, 1.165) is 5.56 Å². The number of carbonyl (C=O) groups excluding carboxylic acids is 1. The first-order chi connectivity index (χ1) is 9.49. The quantitative estimate of drug-likeness (QED) is 0.854. The monoisotopic (exact) mass is 288 g/mol. The molecule has 0 heterocycles. The molecule has 0 spiro atoms. The summed E-state index contributed by atoms with van der Waals surface area (Å²) < 4.78 is 13.7. The number of rotatable bonds is 3. The summed E-state index contributed by atoms with van der Waals surface area (Å²) in [5.74, 6) is -1.10. The minimum absolute atomic E-state index is 0.0113. The van der Waals surface area contributed by atoms with Gasteiger partial charge < -0.3 is 11.1 Å². The van der Waals surface area contributed by atoms with Crippen LogP contribution in [0, 0.1) is 12.7 Å². The van der Waals surface area contributed by atoms with Gasteiger partial charge >= 0.3 is 0 Å². The van der Waals surface area contributed by atoms with Crippen LogP contribution in [-0.2, 0) is 0 Å². The summed E-state index contributed by atoms with van der Waals surface area (Å²) in [6.45, 7) is 1.79. The van der Waals surface area contributed by atoms with Crippen molar-refractivity contribution in [2.45, 2.75) is 6.92 Å². The fourth-order valence-corrected chi connectivity index (χ4v) is 1.99. The highest BCUT2D eigenvalue weighted by Gasteiger charge is 2.14. The Morgan fingerprint density at radius 2 is 1.90 bits per heavy atom. The standard InChI is InChI=1S/C15H13FN2OS/c1-9-6-7-12(16)11(8-9)15(19)18-13-5-3-2-4-10(13)14(17)20/h2-8H,1H3,(H2,17,20)(H,18,19). The van der Waals surface area contributed by atoms with Crippen LogP contribution in [0.4, 0.5) is 10.1 Å². The average Bonchev–Trinajstić information content (AvgIpc) is 2.41. The first-order valence-corrected chi connectivity index (χ1v) is 6.36. The lowest BCUT2D eigenvalue weighted by atomic mass is 10.1. The first kappa shape index (κ1) is 14.1. The smallest absolute Gasteiger partial charge is 0.258 e. The molecule has 0 saturated carbocycles. The Kier molecular flexibility index (Phi) is 4.10. The van der Waals surface area contributed by atoms with Crippen molar-refractivity contribution in [3.05, 3.63) is 65.0 Å². The van der Waals surface area contributed by atoms with Crippen molar-refractivity contribution in [1.82, 2.24) is 0 Å². The van der Waals surface area contributed by atoms with E-state index in [9.17, 15) is 9.18 Å². The van der Waals surface area contributed by atoms with Gasteiger partial charge in [0, 0.05) is 5.56 Å². The normalized spacial score (nSPS) is 10.1. The molecule has 0 atom stereocenters. The van der Waals surface area contributed by atoms with Gasteiger partial charge in [-0.05, 0) is 31.2 Å². The van der Waals surface area contributed by atoms with Gasteiger partial charge in [0.25, 0.3) is 5.91 Å². The van der Waals surface area contributed by atoms with Crippen LogP contribution in [-0.4, -0.2) is 10.9 Å². The van der Waals surface area contributed by atoms with Gasteiger partial charge in [-0.2, -0.15) is 0 Å². The molecule has 2 aromatic carbocycles. The van der Waals surface area contributed by atoms with Crippen molar-refractivity contribution < 1.29 is 9.18 Å². The molecule has 2 aromatic rings. The zero-order valence-electron chi connectivity index (χ0n) is 10.8. The number of halogens is 1. The molecule has 0 fully saturated rings. The fraction of sp³-hybridized carbons (Fsp3) is 0.0667. The van der Waals surface area contributed by atoms with Crippen molar-refractivity contribution in [2.75, 3.05) is 5.32 Å². The van der Waals surface area contributed by atoms with E-state index in [0.29, 0.717) is 11.3 Å². The molecule has 0 aliphatic heterocycles. The van der Waals surface area contributed by atoms with Crippen LogP contribution in [0.25, 0.3) is 0 Å². The Morgan fingerprint density at radius 1 is 1.20 bits per heavy atom. The van der Waals surface area contributed by atoms with Gasteiger partial charge in [-0.15, -0.1) is 0 Å². The third kappa shape index (κ3) is 3.00. The summed E-state index contributed by atoms with van der Waals surface area (Å²) in [4.78, 5) is 12.3. The second-order valence-corrected chi connectivity index (χ2v) is 4.79. The minimum Gasteiger partial charge on any atom is -0.389 e. The van der Waals surface area contributed by atoms with Gasteiger partial charge in [-0.1, -0.05) is 36.0 Å². The summed E-state index contributed by atoms with van der Waals surface area (Å²) in [6.07, 6.45) is 0. The topological polar surface area (TPSA) is 55.1 Å². The number of hydrogen-bond acceptors (Lipinski definition) is 2. The van der Waals surface area contributed by atoms with Gasteiger partial charge in [-0.3, -0.25) is 4.79 Å². The van der Waals surface area contributed by atoms with E-state index in [-0.39, 0.29) is 10.6 Å². The largest absolute Gasteiger partial charge is 0.389 e. The summed E-state index contributed by atoms with van der Waals surface area (Å²) in [6, 6.07) is 11.2. The molecule has 1 amide bonds. The highest BCUT2D eigenvalue weighted by Crippen LogP contribution is 2.17. The van der Waals surface area contributed by atoms with Crippen molar-refractivity contribution in [1.29, 1.82) is 0 Å². The van der Waals surface area contributed by atoms with Crippen LogP contribution in [0.2, 0.25) is 0 Å². The molecule has 102 valence electrons. The van der Waals surface area contributed by atoms with Crippen LogP contribution < -0.4 is 11.1 Å². The Morgan fingerprint density at radius 3 is 2.60 bits per heavy atom. The maximum atomic E-state index is 13.7. The number of nitrogens with one attached hydrogen (secondary N) is 1. The third-order valence-corrected chi connectivity index (χ3v) is 3.03. The highest BCUT2D eigenvalue weighted by molar-refractivity contribution is 7.80. The van der Waals surface area contributed by atoms with Gasteiger partial charge in [0.15, 0.2) is 0 Å². The highest BCUT2D eigenvalue weighted by atomic mass is 32.1. The van der Waals surface area contributed by atoms with Crippen LogP contribution >= 0.6 is 12.2 Å². The molecule has 3 N–H and O–H groups in total. The summed E-state index contributed by atoms with van der Waals surface area (Å²) >= 11 is 4.92. The molecule has 3 nitrogen and oxygen atoms in total. The maximum Gasteiger partial charge on any atom is 0.258 e. The Bertz CT molecular complexity index is 685. The molecule has 20 heavy (non-hydrogen) atoms. The molecule has 0 saturated heterocycles. The van der Waals surface area contributed by atoms with Gasteiger partial charge in [0.1, 0.15) is 10.8 Å². The maximum absolute atomic E-state index is 13.7. The molecule has 0 aliphatic rings.